The molecule has 23 heavy (non-hydrogen) atoms. The Bertz CT molecular complexity index is 756. The fourth-order valence-electron chi connectivity index (χ4n) is 1.82. The zero-order valence-electron chi connectivity index (χ0n) is 12.8. The lowest BCUT2D eigenvalue weighted by Gasteiger charge is -2.09. The van der Waals surface area contributed by atoms with Crippen molar-refractivity contribution < 1.29 is 13.2 Å². The van der Waals surface area contributed by atoms with Gasteiger partial charge in [0.05, 0.1) is 11.5 Å². The van der Waals surface area contributed by atoms with Gasteiger partial charge in [0.2, 0.25) is 5.90 Å². The lowest BCUT2D eigenvalue weighted by atomic mass is 10.2. The number of benzene rings is 2. The minimum atomic E-state index is -3.86. The molecule has 0 heterocycles. The number of hydrogen-bond acceptors (Lipinski definition) is 3. The van der Waals surface area contributed by atoms with Crippen molar-refractivity contribution in [1.29, 1.82) is 0 Å². The number of ether oxygens (including phenoxy) is 1. The highest BCUT2D eigenvalue weighted by molar-refractivity contribution is 7.90. The zero-order chi connectivity index (χ0) is 16.7. The smallest absolute Gasteiger partial charge is 0.285 e. The summed E-state index contributed by atoms with van der Waals surface area (Å²) in [4.78, 5) is 0.0782. The first-order chi connectivity index (χ1) is 11.0. The van der Waals surface area contributed by atoms with E-state index in [-0.39, 0.29) is 10.8 Å². The summed E-state index contributed by atoms with van der Waals surface area (Å²) in [6, 6.07) is 14.9. The standard InChI is InChI=1S/C17H18ClNO3S/c1-2-3-13-22-17(14-7-5-4-6-8-14)19-23(20,21)16-11-9-15(18)10-12-16/h4-12H,2-3,13H2,1H3. The third kappa shape index (κ3) is 5.08. The second-order valence-corrected chi connectivity index (χ2v) is 6.93. The molecule has 0 aliphatic heterocycles. The van der Waals surface area contributed by atoms with E-state index in [1.54, 1.807) is 12.1 Å². The molecule has 122 valence electrons. The lowest BCUT2D eigenvalue weighted by molar-refractivity contribution is 0.298. The van der Waals surface area contributed by atoms with Gasteiger partial charge in [-0.05, 0) is 42.8 Å². The summed E-state index contributed by atoms with van der Waals surface area (Å²) in [6.45, 7) is 2.45. The minimum absolute atomic E-state index is 0.0782. The molecule has 4 nitrogen and oxygen atoms in total. The fourth-order valence-corrected chi connectivity index (χ4v) is 2.91. The molecule has 0 saturated heterocycles. The Morgan fingerprint density at radius 2 is 1.74 bits per heavy atom. The van der Waals surface area contributed by atoms with E-state index in [0.29, 0.717) is 17.2 Å². The van der Waals surface area contributed by atoms with E-state index in [1.807, 2.05) is 25.1 Å². The van der Waals surface area contributed by atoms with E-state index >= 15 is 0 Å². The third-order valence-electron chi connectivity index (χ3n) is 3.07. The largest absolute Gasteiger partial charge is 0.477 e. The van der Waals surface area contributed by atoms with Crippen molar-refractivity contribution in [1.82, 2.24) is 0 Å². The quantitative estimate of drug-likeness (QED) is 0.443. The number of rotatable bonds is 6. The van der Waals surface area contributed by atoms with Crippen LogP contribution in [-0.4, -0.2) is 20.9 Å². The second-order valence-electron chi connectivity index (χ2n) is 4.89. The fraction of sp³-hybridized carbons (Fsp3) is 0.235. The molecule has 0 saturated carbocycles. The molecule has 6 heteroatoms. The summed E-state index contributed by atoms with van der Waals surface area (Å²) in [5.74, 6) is 0.106. The van der Waals surface area contributed by atoms with Crippen LogP contribution in [0, 0.1) is 0 Å². The van der Waals surface area contributed by atoms with Gasteiger partial charge < -0.3 is 4.74 Å². The molecule has 0 radical (unpaired) electrons. The van der Waals surface area contributed by atoms with Crippen molar-refractivity contribution in [3.05, 3.63) is 65.2 Å². The molecule has 0 atom stereocenters. The summed E-state index contributed by atoms with van der Waals surface area (Å²) in [5.41, 5.74) is 0.626. The van der Waals surface area contributed by atoms with Crippen molar-refractivity contribution in [2.45, 2.75) is 24.7 Å². The topological polar surface area (TPSA) is 55.7 Å². The highest BCUT2D eigenvalue weighted by Crippen LogP contribution is 2.17. The van der Waals surface area contributed by atoms with Gasteiger partial charge in [-0.3, -0.25) is 0 Å². The molecular weight excluding hydrogens is 334 g/mol. The first-order valence-corrected chi connectivity index (χ1v) is 9.13. The number of hydrogen-bond donors (Lipinski definition) is 0. The van der Waals surface area contributed by atoms with Gasteiger partial charge in [0.1, 0.15) is 0 Å². The maximum absolute atomic E-state index is 12.4. The van der Waals surface area contributed by atoms with Crippen LogP contribution in [0.1, 0.15) is 25.3 Å². The highest BCUT2D eigenvalue weighted by atomic mass is 35.5. The SMILES string of the molecule is CCCCOC(=NS(=O)(=O)c1ccc(Cl)cc1)c1ccccc1. The van der Waals surface area contributed by atoms with Crippen LogP contribution in [0.4, 0.5) is 0 Å². The van der Waals surface area contributed by atoms with Gasteiger partial charge in [-0.15, -0.1) is 4.40 Å². The summed E-state index contributed by atoms with van der Waals surface area (Å²) >= 11 is 5.79. The first-order valence-electron chi connectivity index (χ1n) is 7.31. The Balaban J connectivity index is 2.36. The molecule has 0 spiro atoms. The zero-order valence-corrected chi connectivity index (χ0v) is 14.3. The van der Waals surface area contributed by atoms with Gasteiger partial charge in [0, 0.05) is 10.6 Å². The van der Waals surface area contributed by atoms with Crippen LogP contribution in [-0.2, 0) is 14.8 Å². The molecule has 0 fully saturated rings. The van der Waals surface area contributed by atoms with Crippen LogP contribution >= 0.6 is 11.6 Å². The number of halogens is 1. The van der Waals surface area contributed by atoms with Gasteiger partial charge in [-0.2, -0.15) is 8.42 Å². The average molecular weight is 352 g/mol. The highest BCUT2D eigenvalue weighted by Gasteiger charge is 2.16. The molecule has 0 N–H and O–H groups in total. The van der Waals surface area contributed by atoms with Crippen molar-refractivity contribution in [2.75, 3.05) is 6.61 Å². The Morgan fingerprint density at radius 1 is 1.09 bits per heavy atom. The molecule has 0 bridgehead atoms. The predicted octanol–water partition coefficient (Wildman–Crippen LogP) is 4.29. The van der Waals surface area contributed by atoms with Gasteiger partial charge in [0.25, 0.3) is 10.0 Å². The number of unbranched alkanes of at least 4 members (excludes halogenated alkanes) is 1. The summed E-state index contributed by atoms with van der Waals surface area (Å²) < 4.78 is 34.4. The van der Waals surface area contributed by atoms with Crippen molar-refractivity contribution in [3.63, 3.8) is 0 Å². The van der Waals surface area contributed by atoms with E-state index in [1.165, 1.54) is 24.3 Å². The van der Waals surface area contributed by atoms with Gasteiger partial charge in [-0.25, -0.2) is 0 Å². The van der Waals surface area contributed by atoms with Gasteiger partial charge in [0.15, 0.2) is 0 Å². The first kappa shape index (κ1) is 17.5. The molecule has 0 aliphatic rings. The van der Waals surface area contributed by atoms with E-state index in [2.05, 4.69) is 4.40 Å². The van der Waals surface area contributed by atoms with Gasteiger partial charge in [-0.1, -0.05) is 43.1 Å². The molecule has 2 aromatic carbocycles. The van der Waals surface area contributed by atoms with Crippen LogP contribution in [0.3, 0.4) is 0 Å². The normalized spacial score (nSPS) is 12.2. The van der Waals surface area contributed by atoms with E-state index in [4.69, 9.17) is 16.3 Å². The minimum Gasteiger partial charge on any atom is -0.477 e. The Kier molecular flexibility index (Phi) is 6.19. The number of sulfonamides is 1. The predicted molar refractivity (Wildman–Crippen MR) is 92.5 cm³/mol. The summed E-state index contributed by atoms with van der Waals surface area (Å²) in [6.07, 6.45) is 1.78. The van der Waals surface area contributed by atoms with Crippen molar-refractivity contribution in [2.24, 2.45) is 4.40 Å². The van der Waals surface area contributed by atoms with Crippen molar-refractivity contribution in [3.8, 4) is 0 Å². The molecular formula is C17H18ClNO3S. The molecule has 0 aliphatic carbocycles. The van der Waals surface area contributed by atoms with Gasteiger partial charge >= 0.3 is 0 Å². The van der Waals surface area contributed by atoms with Crippen LogP contribution in [0.15, 0.2) is 63.9 Å². The van der Waals surface area contributed by atoms with Crippen LogP contribution < -0.4 is 0 Å². The maximum atomic E-state index is 12.4. The lowest BCUT2D eigenvalue weighted by Crippen LogP contribution is -2.11. The monoisotopic (exact) mass is 351 g/mol. The summed E-state index contributed by atoms with van der Waals surface area (Å²) in [7, 11) is -3.86. The van der Waals surface area contributed by atoms with E-state index in [0.717, 1.165) is 12.8 Å². The third-order valence-corrected chi connectivity index (χ3v) is 4.60. The Labute approximate surface area is 141 Å². The molecule has 0 aromatic heterocycles. The van der Waals surface area contributed by atoms with Crippen LogP contribution in [0.5, 0.6) is 0 Å². The Hall–Kier alpha value is -1.85. The Morgan fingerprint density at radius 3 is 2.35 bits per heavy atom. The van der Waals surface area contributed by atoms with Crippen LogP contribution in [0.25, 0.3) is 0 Å². The summed E-state index contributed by atoms with van der Waals surface area (Å²) in [5, 5.41) is 0.468. The van der Waals surface area contributed by atoms with E-state index in [9.17, 15) is 8.42 Å². The maximum Gasteiger partial charge on any atom is 0.285 e. The molecule has 2 aromatic rings. The number of nitrogens with zero attached hydrogens (tertiary/aromatic N) is 1. The van der Waals surface area contributed by atoms with E-state index < -0.39 is 10.0 Å². The second kappa shape index (κ2) is 8.13. The molecule has 0 unspecified atom stereocenters. The van der Waals surface area contributed by atoms with Crippen molar-refractivity contribution >= 4 is 27.5 Å². The van der Waals surface area contributed by atoms with Crippen LogP contribution in [0.2, 0.25) is 5.02 Å². The molecule has 0 amide bonds. The molecule has 2 rings (SSSR count). The average Bonchev–Trinajstić information content (AvgIpc) is 2.55.